The van der Waals surface area contributed by atoms with Crippen LogP contribution in [0.3, 0.4) is 0 Å². The van der Waals surface area contributed by atoms with Crippen LogP contribution < -0.4 is 5.32 Å². The topological polar surface area (TPSA) is 21.3 Å². The maximum Gasteiger partial charge on any atom is 0.416 e. The van der Waals surface area contributed by atoms with E-state index < -0.39 is 17.3 Å². The Morgan fingerprint density at radius 1 is 1.32 bits per heavy atom. The van der Waals surface area contributed by atoms with Gasteiger partial charge in [-0.2, -0.15) is 13.2 Å². The molecule has 5 heteroatoms. The van der Waals surface area contributed by atoms with Crippen molar-refractivity contribution in [1.29, 1.82) is 0 Å². The fourth-order valence-corrected chi connectivity index (χ4v) is 3.06. The zero-order valence-corrected chi connectivity index (χ0v) is 10.9. The van der Waals surface area contributed by atoms with E-state index in [1.165, 1.54) is 13.0 Å². The summed E-state index contributed by atoms with van der Waals surface area (Å²) in [4.78, 5) is 0. The summed E-state index contributed by atoms with van der Waals surface area (Å²) in [5.74, 6) is 0. The van der Waals surface area contributed by atoms with Crippen molar-refractivity contribution in [3.8, 4) is 0 Å². The molecule has 104 valence electrons. The van der Waals surface area contributed by atoms with Crippen LogP contribution in [0.5, 0.6) is 0 Å². The van der Waals surface area contributed by atoms with Gasteiger partial charge in [0.05, 0.1) is 12.2 Å². The van der Waals surface area contributed by atoms with Crippen LogP contribution in [0.4, 0.5) is 13.2 Å². The summed E-state index contributed by atoms with van der Waals surface area (Å²) in [6.07, 6.45) is -3.56. The van der Waals surface area contributed by atoms with Crippen molar-refractivity contribution in [3.63, 3.8) is 0 Å². The molecule has 1 aromatic rings. The van der Waals surface area contributed by atoms with Gasteiger partial charge in [0.1, 0.15) is 5.60 Å². The molecule has 2 bridgehead atoms. The summed E-state index contributed by atoms with van der Waals surface area (Å²) in [6, 6.07) is 3.37. The zero-order chi connectivity index (χ0) is 13.8. The number of morpholine rings is 1. The Labute approximate surface area is 109 Å². The lowest BCUT2D eigenvalue weighted by molar-refractivity contribution is -0.138. The average molecular weight is 271 g/mol. The molecule has 2 nitrogen and oxygen atoms in total. The highest BCUT2D eigenvalue weighted by Crippen LogP contribution is 2.43. The van der Waals surface area contributed by atoms with Crippen LogP contribution in [-0.2, 0) is 16.5 Å². The van der Waals surface area contributed by atoms with Gasteiger partial charge >= 0.3 is 6.18 Å². The number of hydrogen-bond acceptors (Lipinski definition) is 2. The predicted molar refractivity (Wildman–Crippen MR) is 65.0 cm³/mol. The lowest BCUT2D eigenvalue weighted by Crippen LogP contribution is -2.37. The van der Waals surface area contributed by atoms with E-state index in [1.807, 2.05) is 6.07 Å². The molecule has 1 aromatic carbocycles. The van der Waals surface area contributed by atoms with Gasteiger partial charge in [-0.05, 0) is 43.0 Å². The van der Waals surface area contributed by atoms with Crippen molar-refractivity contribution < 1.29 is 17.9 Å². The molecule has 3 rings (SSSR count). The number of nitrogens with one attached hydrogen (secondary N) is 1. The molecule has 1 N–H and O–H groups in total. The van der Waals surface area contributed by atoms with Gasteiger partial charge < -0.3 is 10.1 Å². The molecule has 0 saturated carbocycles. The van der Waals surface area contributed by atoms with Crippen LogP contribution in [0.15, 0.2) is 12.1 Å². The van der Waals surface area contributed by atoms with E-state index in [2.05, 4.69) is 5.32 Å². The number of rotatable bonds is 1. The summed E-state index contributed by atoms with van der Waals surface area (Å²) in [6.45, 7) is 4.41. The first-order chi connectivity index (χ1) is 8.82. The number of alkyl halides is 3. The second-order valence-electron chi connectivity index (χ2n) is 5.55. The highest BCUT2D eigenvalue weighted by molar-refractivity contribution is 5.42. The van der Waals surface area contributed by atoms with Crippen molar-refractivity contribution >= 4 is 0 Å². The van der Waals surface area contributed by atoms with Crippen molar-refractivity contribution in [1.82, 2.24) is 5.32 Å². The molecule has 2 saturated heterocycles. The van der Waals surface area contributed by atoms with Gasteiger partial charge in [-0.1, -0.05) is 6.07 Å². The smallest absolute Gasteiger partial charge is 0.367 e. The summed E-state index contributed by atoms with van der Waals surface area (Å²) in [5, 5.41) is 3.28. The molecule has 2 heterocycles. The van der Waals surface area contributed by atoms with Crippen molar-refractivity contribution in [2.75, 3.05) is 13.2 Å². The van der Waals surface area contributed by atoms with Gasteiger partial charge in [0.2, 0.25) is 0 Å². The third-order valence-corrected chi connectivity index (χ3v) is 4.31. The van der Waals surface area contributed by atoms with Gasteiger partial charge in [-0.25, -0.2) is 0 Å². The van der Waals surface area contributed by atoms with E-state index in [1.54, 1.807) is 6.92 Å². The molecule has 2 atom stereocenters. The zero-order valence-electron chi connectivity index (χ0n) is 10.9. The summed E-state index contributed by atoms with van der Waals surface area (Å²) < 4.78 is 45.0. The largest absolute Gasteiger partial charge is 0.416 e. The second kappa shape index (κ2) is 3.96. The number of aryl methyl sites for hydroxylation is 1. The molecule has 0 aromatic heterocycles. The molecule has 0 spiro atoms. The SMILES string of the molecule is Cc1cc(C23CNC(CO2)C3)cc(C(F)(F)F)c1C. The Hall–Kier alpha value is -1.07. The second-order valence-corrected chi connectivity index (χ2v) is 5.55. The number of benzene rings is 1. The van der Waals surface area contributed by atoms with E-state index in [9.17, 15) is 13.2 Å². The van der Waals surface area contributed by atoms with E-state index in [-0.39, 0.29) is 6.04 Å². The standard InChI is InChI=1S/C14H16F3NO/c1-8-3-10(4-12(9(8)2)14(15,16)17)13-5-11(6-19-13)18-7-13/h3-4,11,18H,5-7H2,1-2H3. The predicted octanol–water partition coefficient (Wildman–Crippen LogP) is 2.91. The van der Waals surface area contributed by atoms with Crippen LogP contribution in [0.25, 0.3) is 0 Å². The van der Waals surface area contributed by atoms with E-state index in [0.29, 0.717) is 29.8 Å². The quantitative estimate of drug-likeness (QED) is 0.848. The Bertz CT molecular complexity index is 516. The lowest BCUT2D eigenvalue weighted by atomic mass is 9.88. The minimum Gasteiger partial charge on any atom is -0.367 e. The lowest BCUT2D eigenvalue weighted by Gasteiger charge is -2.29. The first-order valence-electron chi connectivity index (χ1n) is 6.38. The summed E-state index contributed by atoms with van der Waals surface area (Å²) in [5.41, 5.74) is 0.501. The first-order valence-corrected chi connectivity index (χ1v) is 6.38. The minimum atomic E-state index is -4.31. The number of fused-ring (bicyclic) bond motifs is 2. The normalized spacial score (nSPS) is 30.1. The Balaban J connectivity index is 2.11. The van der Waals surface area contributed by atoms with E-state index >= 15 is 0 Å². The van der Waals surface area contributed by atoms with Gasteiger partial charge in [-0.15, -0.1) is 0 Å². The van der Waals surface area contributed by atoms with Gasteiger partial charge in [0.25, 0.3) is 0 Å². The van der Waals surface area contributed by atoms with E-state index in [0.717, 1.165) is 6.42 Å². The Kier molecular flexibility index (Phi) is 2.70. The summed E-state index contributed by atoms with van der Waals surface area (Å²) in [7, 11) is 0. The molecule has 0 aliphatic carbocycles. The van der Waals surface area contributed by atoms with Crippen molar-refractivity contribution in [2.45, 2.75) is 38.1 Å². The third-order valence-electron chi connectivity index (χ3n) is 4.31. The highest BCUT2D eigenvalue weighted by atomic mass is 19.4. The van der Waals surface area contributed by atoms with Crippen molar-refractivity contribution in [3.05, 3.63) is 34.4 Å². The van der Waals surface area contributed by atoms with Crippen LogP contribution >= 0.6 is 0 Å². The number of ether oxygens (including phenoxy) is 1. The van der Waals surface area contributed by atoms with Gasteiger partial charge in [-0.3, -0.25) is 0 Å². The maximum atomic E-state index is 13.1. The monoisotopic (exact) mass is 271 g/mol. The van der Waals surface area contributed by atoms with Crippen LogP contribution in [0.1, 0.15) is 28.7 Å². The molecule has 0 amide bonds. The fourth-order valence-electron chi connectivity index (χ4n) is 3.06. The Morgan fingerprint density at radius 2 is 2.05 bits per heavy atom. The molecule has 2 aliphatic rings. The third kappa shape index (κ3) is 1.96. The molecule has 2 fully saturated rings. The molecule has 19 heavy (non-hydrogen) atoms. The average Bonchev–Trinajstić information content (AvgIpc) is 2.92. The maximum absolute atomic E-state index is 13.1. The van der Waals surface area contributed by atoms with Crippen molar-refractivity contribution in [2.24, 2.45) is 0 Å². The molecule has 2 aliphatic heterocycles. The van der Waals surface area contributed by atoms with Gasteiger partial charge in [0.15, 0.2) is 0 Å². The fraction of sp³-hybridized carbons (Fsp3) is 0.571. The minimum absolute atomic E-state index is 0.274. The Morgan fingerprint density at radius 3 is 2.53 bits per heavy atom. The molecule has 2 unspecified atom stereocenters. The number of halogens is 3. The highest BCUT2D eigenvalue weighted by Gasteiger charge is 2.48. The van der Waals surface area contributed by atoms with Gasteiger partial charge in [0, 0.05) is 12.6 Å². The van der Waals surface area contributed by atoms with Crippen LogP contribution in [0.2, 0.25) is 0 Å². The van der Waals surface area contributed by atoms with Crippen LogP contribution in [0, 0.1) is 13.8 Å². The molecular weight excluding hydrogens is 255 g/mol. The van der Waals surface area contributed by atoms with E-state index in [4.69, 9.17) is 4.74 Å². The summed E-state index contributed by atoms with van der Waals surface area (Å²) >= 11 is 0. The first kappa shape index (κ1) is 12.9. The van der Waals surface area contributed by atoms with Crippen LogP contribution in [-0.4, -0.2) is 19.2 Å². The molecular formula is C14H16F3NO. The molecule has 0 radical (unpaired) electrons. The number of hydrogen-bond donors (Lipinski definition) is 1.